The Kier molecular flexibility index (Phi) is 6.93. The molecule has 0 radical (unpaired) electrons. The van der Waals surface area contributed by atoms with Crippen LogP contribution in [0.2, 0.25) is 10.0 Å². The number of halogens is 2. The monoisotopic (exact) mass is 489 g/mol. The number of carbonyl (C=O) groups excluding carboxylic acids is 1. The molecule has 0 saturated heterocycles. The molecule has 0 saturated carbocycles. The number of ether oxygens (including phenoxy) is 1. The number of nitrogens with one attached hydrogen (secondary N) is 1. The predicted molar refractivity (Wildman–Crippen MR) is 123 cm³/mol. The highest BCUT2D eigenvalue weighted by Crippen LogP contribution is 2.30. The number of para-hydroxylation sites is 1. The molecular weight excluding hydrogens is 473 g/mol. The molecule has 0 unspecified atom stereocenters. The third kappa shape index (κ3) is 5.04. The summed E-state index contributed by atoms with van der Waals surface area (Å²) in [7, 11) is 1.62. The van der Waals surface area contributed by atoms with Crippen molar-refractivity contribution in [2.75, 3.05) is 18.2 Å². The van der Waals surface area contributed by atoms with E-state index < -0.39 is 0 Å². The van der Waals surface area contributed by atoms with E-state index in [2.05, 4.69) is 25.9 Å². The summed E-state index contributed by atoms with van der Waals surface area (Å²) in [6, 6.07) is 14.5. The minimum atomic E-state index is -0.230. The molecule has 4 rings (SSSR count). The number of tetrazole rings is 1. The molecule has 4 aromatic rings. The quantitative estimate of drug-likeness (QED) is 0.374. The highest BCUT2D eigenvalue weighted by Gasteiger charge is 2.17. The summed E-state index contributed by atoms with van der Waals surface area (Å²) in [5.74, 6) is 1.21. The molecule has 0 aliphatic heterocycles. The number of rotatable bonds is 8. The van der Waals surface area contributed by atoms with Gasteiger partial charge in [0.05, 0.1) is 35.6 Å². The second-order valence-electron chi connectivity index (χ2n) is 6.50. The zero-order chi connectivity index (χ0) is 22.5. The van der Waals surface area contributed by atoms with Crippen LogP contribution in [0.15, 0.2) is 59.9 Å². The largest absolute Gasteiger partial charge is 0.497 e. The van der Waals surface area contributed by atoms with Crippen molar-refractivity contribution < 1.29 is 9.53 Å². The highest BCUT2D eigenvalue weighted by molar-refractivity contribution is 7.99. The zero-order valence-corrected chi connectivity index (χ0v) is 19.1. The number of thioether (sulfide) groups is 1. The van der Waals surface area contributed by atoms with Crippen LogP contribution in [0.3, 0.4) is 0 Å². The van der Waals surface area contributed by atoms with Gasteiger partial charge in [-0.05, 0) is 40.3 Å². The number of nitrogens with zero attached hydrogens (tertiary/aromatic N) is 6. The Labute approximate surface area is 197 Å². The lowest BCUT2D eigenvalue weighted by Crippen LogP contribution is -2.18. The van der Waals surface area contributed by atoms with E-state index in [1.165, 1.54) is 4.68 Å². The maximum atomic E-state index is 12.6. The van der Waals surface area contributed by atoms with E-state index >= 15 is 0 Å². The van der Waals surface area contributed by atoms with Crippen LogP contribution in [0.1, 0.15) is 5.56 Å². The van der Waals surface area contributed by atoms with Gasteiger partial charge in [-0.25, -0.2) is 4.68 Å². The van der Waals surface area contributed by atoms with Crippen LogP contribution < -0.4 is 10.1 Å². The number of methoxy groups -OCH3 is 1. The second-order valence-corrected chi connectivity index (χ2v) is 8.26. The Morgan fingerprint density at radius 1 is 1.12 bits per heavy atom. The van der Waals surface area contributed by atoms with Gasteiger partial charge in [0.2, 0.25) is 11.1 Å². The van der Waals surface area contributed by atoms with Gasteiger partial charge < -0.3 is 10.1 Å². The number of hydrogen-bond acceptors (Lipinski definition) is 7. The first kappa shape index (κ1) is 22.1. The highest BCUT2D eigenvalue weighted by atomic mass is 35.5. The summed E-state index contributed by atoms with van der Waals surface area (Å²) >= 11 is 13.7. The third-order valence-electron chi connectivity index (χ3n) is 4.40. The molecule has 164 valence electrons. The van der Waals surface area contributed by atoms with E-state index in [0.29, 0.717) is 33.3 Å². The first-order valence-electron chi connectivity index (χ1n) is 9.35. The zero-order valence-electron chi connectivity index (χ0n) is 16.8. The van der Waals surface area contributed by atoms with E-state index in [9.17, 15) is 4.79 Å². The van der Waals surface area contributed by atoms with Gasteiger partial charge in [-0.2, -0.15) is 9.78 Å². The summed E-state index contributed by atoms with van der Waals surface area (Å²) in [5.41, 5.74) is 1.48. The summed E-state index contributed by atoms with van der Waals surface area (Å²) in [4.78, 5) is 12.6. The van der Waals surface area contributed by atoms with E-state index in [-0.39, 0.29) is 11.7 Å². The minimum absolute atomic E-state index is 0.0795. The summed E-state index contributed by atoms with van der Waals surface area (Å²) in [6.07, 6.45) is 1.63. The minimum Gasteiger partial charge on any atom is -0.497 e. The van der Waals surface area contributed by atoms with Crippen molar-refractivity contribution in [1.82, 2.24) is 30.0 Å². The lowest BCUT2D eigenvalue weighted by Gasteiger charge is -2.10. The molecule has 0 aliphatic carbocycles. The molecular formula is C20H17Cl2N7O2S. The van der Waals surface area contributed by atoms with Crippen LogP contribution in [0.4, 0.5) is 5.82 Å². The lowest BCUT2D eigenvalue weighted by atomic mass is 10.2. The molecule has 32 heavy (non-hydrogen) atoms. The number of anilines is 1. The summed E-state index contributed by atoms with van der Waals surface area (Å²) in [5, 5.41) is 19.9. The third-order valence-corrected chi connectivity index (χ3v) is 5.93. The van der Waals surface area contributed by atoms with Gasteiger partial charge in [0.25, 0.3) is 0 Å². The summed E-state index contributed by atoms with van der Waals surface area (Å²) in [6.45, 7) is 0.503. The number of carbonyl (C=O) groups is 1. The van der Waals surface area contributed by atoms with Gasteiger partial charge in [-0.1, -0.05) is 53.2 Å². The SMILES string of the molecule is COc1ccc(Cn2nccc2NC(=O)CSc2nnnn2-c2c(Cl)cccc2Cl)cc1. The van der Waals surface area contributed by atoms with Crippen LogP contribution in [-0.4, -0.2) is 48.8 Å². The molecule has 1 amide bonds. The van der Waals surface area contributed by atoms with Gasteiger partial charge in [0, 0.05) is 6.07 Å². The van der Waals surface area contributed by atoms with Gasteiger partial charge in [0.1, 0.15) is 17.3 Å². The number of hydrogen-bond donors (Lipinski definition) is 1. The average Bonchev–Trinajstić information content (AvgIpc) is 3.42. The van der Waals surface area contributed by atoms with Crippen LogP contribution in [0.25, 0.3) is 5.69 Å². The lowest BCUT2D eigenvalue weighted by molar-refractivity contribution is -0.113. The maximum Gasteiger partial charge on any atom is 0.235 e. The van der Waals surface area contributed by atoms with Crippen LogP contribution in [-0.2, 0) is 11.3 Å². The van der Waals surface area contributed by atoms with Gasteiger partial charge in [0.15, 0.2) is 0 Å². The van der Waals surface area contributed by atoms with Crippen LogP contribution in [0, 0.1) is 0 Å². The average molecular weight is 490 g/mol. The van der Waals surface area contributed by atoms with Gasteiger partial charge in [-0.15, -0.1) is 5.10 Å². The van der Waals surface area contributed by atoms with E-state index in [0.717, 1.165) is 23.1 Å². The molecule has 2 aromatic carbocycles. The molecule has 9 nitrogen and oxygen atoms in total. The molecule has 0 bridgehead atoms. The molecule has 0 aliphatic rings. The van der Waals surface area contributed by atoms with Crippen LogP contribution >= 0.6 is 35.0 Å². The van der Waals surface area contributed by atoms with Crippen molar-refractivity contribution in [2.24, 2.45) is 0 Å². The molecule has 0 fully saturated rings. The van der Waals surface area contributed by atoms with Crippen molar-refractivity contribution in [3.8, 4) is 11.4 Å². The fourth-order valence-corrected chi connectivity index (χ4v) is 4.11. The molecule has 0 spiro atoms. The molecule has 0 atom stereocenters. The van der Waals surface area contributed by atoms with Crippen molar-refractivity contribution in [3.05, 3.63) is 70.3 Å². The maximum absolute atomic E-state index is 12.6. The Hall–Kier alpha value is -3.08. The van der Waals surface area contributed by atoms with Crippen molar-refractivity contribution in [3.63, 3.8) is 0 Å². The second kappa shape index (κ2) is 10.0. The number of aromatic nitrogens is 6. The fraction of sp³-hybridized carbons (Fsp3) is 0.150. The van der Waals surface area contributed by atoms with E-state index in [1.54, 1.807) is 42.3 Å². The fourth-order valence-electron chi connectivity index (χ4n) is 2.88. The molecule has 2 aromatic heterocycles. The molecule has 2 heterocycles. The van der Waals surface area contributed by atoms with Crippen molar-refractivity contribution in [1.29, 1.82) is 0 Å². The Morgan fingerprint density at radius 2 is 1.88 bits per heavy atom. The normalized spacial score (nSPS) is 10.8. The topological polar surface area (TPSA) is 99.8 Å². The van der Waals surface area contributed by atoms with E-state index in [1.807, 2.05) is 24.3 Å². The smallest absolute Gasteiger partial charge is 0.235 e. The number of benzene rings is 2. The van der Waals surface area contributed by atoms with E-state index in [4.69, 9.17) is 27.9 Å². The summed E-state index contributed by atoms with van der Waals surface area (Å²) < 4.78 is 8.30. The van der Waals surface area contributed by atoms with Gasteiger partial charge in [-0.3, -0.25) is 4.79 Å². The first-order chi connectivity index (χ1) is 15.5. The standard InChI is InChI=1S/C20H17Cl2N7O2S/c1-31-14-7-5-13(6-8-14)11-28-17(9-10-23-28)24-18(30)12-32-20-25-26-27-29(20)19-15(21)3-2-4-16(19)22/h2-10H,11-12H2,1H3,(H,24,30). The number of amides is 1. The molecule has 1 N–H and O–H groups in total. The Bertz CT molecular complexity index is 1210. The predicted octanol–water partition coefficient (Wildman–Crippen LogP) is 3.95. The van der Waals surface area contributed by atoms with Crippen LogP contribution in [0.5, 0.6) is 5.75 Å². The Morgan fingerprint density at radius 3 is 2.59 bits per heavy atom. The first-order valence-corrected chi connectivity index (χ1v) is 11.1. The Balaban J connectivity index is 1.40. The van der Waals surface area contributed by atoms with Gasteiger partial charge >= 0.3 is 0 Å². The van der Waals surface area contributed by atoms with Crippen molar-refractivity contribution in [2.45, 2.75) is 11.7 Å². The molecule has 12 heteroatoms. The van der Waals surface area contributed by atoms with Crippen molar-refractivity contribution >= 4 is 46.7 Å².